The lowest BCUT2D eigenvalue weighted by molar-refractivity contribution is 0.280. The molecule has 1 aromatic rings. The number of phenols is 1. The number of aromatic hydroxyl groups is 1. The molecule has 4 atom stereocenters. The van der Waals surface area contributed by atoms with E-state index in [1.807, 2.05) is 6.92 Å². The minimum absolute atomic E-state index is 0.0691. The highest BCUT2D eigenvalue weighted by Gasteiger charge is 2.42. The molecule has 0 aromatic heterocycles. The van der Waals surface area contributed by atoms with Crippen molar-refractivity contribution in [3.63, 3.8) is 0 Å². The van der Waals surface area contributed by atoms with Crippen LogP contribution in [0.1, 0.15) is 32.6 Å². The zero-order valence-corrected chi connectivity index (χ0v) is 12.9. The molecule has 2 bridgehead atoms. The third-order valence-corrected chi connectivity index (χ3v) is 6.64. The van der Waals surface area contributed by atoms with Crippen LogP contribution < -0.4 is 10.5 Å². The van der Waals surface area contributed by atoms with Gasteiger partial charge >= 0.3 is 0 Å². The first-order valence-electron chi connectivity index (χ1n) is 7.47. The highest BCUT2D eigenvalue weighted by molar-refractivity contribution is 7.89. The first kappa shape index (κ1) is 14.7. The Balaban J connectivity index is 1.75. The van der Waals surface area contributed by atoms with Crippen LogP contribution in [-0.2, 0) is 10.0 Å². The van der Waals surface area contributed by atoms with Gasteiger partial charge in [-0.25, -0.2) is 13.1 Å². The van der Waals surface area contributed by atoms with Gasteiger partial charge in [-0.2, -0.15) is 0 Å². The van der Waals surface area contributed by atoms with E-state index in [1.165, 1.54) is 37.5 Å². The van der Waals surface area contributed by atoms with Crippen molar-refractivity contribution in [2.75, 3.05) is 5.73 Å². The largest absolute Gasteiger partial charge is 0.506 e. The lowest BCUT2D eigenvalue weighted by Crippen LogP contribution is -2.40. The zero-order chi connectivity index (χ0) is 15.2. The van der Waals surface area contributed by atoms with E-state index in [4.69, 9.17) is 5.73 Å². The van der Waals surface area contributed by atoms with Crippen LogP contribution in [0.2, 0.25) is 0 Å². The second-order valence-electron chi connectivity index (χ2n) is 6.47. The van der Waals surface area contributed by atoms with Gasteiger partial charge in [0, 0.05) is 6.04 Å². The van der Waals surface area contributed by atoms with Crippen LogP contribution >= 0.6 is 0 Å². The van der Waals surface area contributed by atoms with Crippen LogP contribution in [0, 0.1) is 17.8 Å². The minimum atomic E-state index is -3.59. The van der Waals surface area contributed by atoms with E-state index < -0.39 is 10.0 Å². The Kier molecular flexibility index (Phi) is 3.61. The van der Waals surface area contributed by atoms with Crippen molar-refractivity contribution < 1.29 is 13.5 Å². The second-order valence-corrected chi connectivity index (χ2v) is 8.18. The van der Waals surface area contributed by atoms with E-state index in [2.05, 4.69) is 4.72 Å². The number of nitrogens with two attached hydrogens (primary N) is 1. The number of fused-ring (bicyclic) bond motifs is 2. The maximum absolute atomic E-state index is 12.4. The van der Waals surface area contributed by atoms with Crippen molar-refractivity contribution in [3.8, 4) is 5.75 Å². The van der Waals surface area contributed by atoms with Crippen LogP contribution in [-0.4, -0.2) is 19.6 Å². The summed E-state index contributed by atoms with van der Waals surface area (Å²) in [6.07, 6.45) is 4.91. The fourth-order valence-corrected chi connectivity index (χ4v) is 5.34. The Labute approximate surface area is 125 Å². The summed E-state index contributed by atoms with van der Waals surface area (Å²) in [5.74, 6) is 1.79. The molecule has 116 valence electrons. The van der Waals surface area contributed by atoms with Crippen molar-refractivity contribution in [2.45, 2.75) is 43.5 Å². The summed E-state index contributed by atoms with van der Waals surface area (Å²) in [6.45, 7) is 1.95. The summed E-state index contributed by atoms with van der Waals surface area (Å²) in [5, 5.41) is 9.40. The molecule has 2 fully saturated rings. The molecule has 3 rings (SSSR count). The van der Waals surface area contributed by atoms with E-state index >= 15 is 0 Å². The van der Waals surface area contributed by atoms with Crippen molar-refractivity contribution in [1.29, 1.82) is 0 Å². The lowest BCUT2D eigenvalue weighted by atomic mass is 9.84. The molecule has 0 heterocycles. The van der Waals surface area contributed by atoms with E-state index in [0.29, 0.717) is 11.8 Å². The molecule has 2 aliphatic carbocycles. The SMILES string of the molecule is CC(NS(=O)(=O)c1ccc(O)c(N)c1)C1CC2CCC1C2. The van der Waals surface area contributed by atoms with E-state index in [0.717, 1.165) is 12.3 Å². The van der Waals surface area contributed by atoms with Gasteiger partial charge in [0.05, 0.1) is 10.6 Å². The number of nitrogen functional groups attached to an aromatic ring is 1. The number of benzene rings is 1. The Hall–Kier alpha value is -1.27. The molecule has 0 amide bonds. The Morgan fingerprint density at radius 2 is 2.10 bits per heavy atom. The number of hydrogen-bond donors (Lipinski definition) is 3. The van der Waals surface area contributed by atoms with Crippen LogP contribution in [0.3, 0.4) is 0 Å². The number of hydrogen-bond acceptors (Lipinski definition) is 4. The summed E-state index contributed by atoms with van der Waals surface area (Å²) >= 11 is 0. The first-order chi connectivity index (χ1) is 9.87. The summed E-state index contributed by atoms with van der Waals surface area (Å²) in [7, 11) is -3.59. The fraction of sp³-hybridized carbons (Fsp3) is 0.600. The van der Waals surface area contributed by atoms with Gasteiger partial charge in [-0.05, 0) is 62.1 Å². The quantitative estimate of drug-likeness (QED) is 0.586. The van der Waals surface area contributed by atoms with Crippen molar-refractivity contribution in [2.24, 2.45) is 17.8 Å². The molecule has 4 N–H and O–H groups in total. The molecular formula is C15H22N2O3S. The van der Waals surface area contributed by atoms with E-state index in [-0.39, 0.29) is 22.4 Å². The normalized spacial score (nSPS) is 29.7. The molecule has 1 aromatic carbocycles. The topological polar surface area (TPSA) is 92.4 Å². The Bertz CT molecular complexity index is 644. The Morgan fingerprint density at radius 3 is 2.67 bits per heavy atom. The highest BCUT2D eigenvalue weighted by atomic mass is 32.2. The predicted molar refractivity (Wildman–Crippen MR) is 81.2 cm³/mol. The zero-order valence-electron chi connectivity index (χ0n) is 12.1. The second kappa shape index (κ2) is 5.18. The average Bonchev–Trinajstić information content (AvgIpc) is 3.03. The number of phenolic OH excluding ortho intramolecular Hbond substituents is 1. The van der Waals surface area contributed by atoms with Crippen LogP contribution in [0.15, 0.2) is 23.1 Å². The van der Waals surface area contributed by atoms with Gasteiger partial charge in [-0.3, -0.25) is 0 Å². The van der Waals surface area contributed by atoms with Crippen LogP contribution in [0.25, 0.3) is 0 Å². The predicted octanol–water partition coefficient (Wildman–Crippen LogP) is 2.08. The fourth-order valence-electron chi connectivity index (χ4n) is 4.01. The van der Waals surface area contributed by atoms with Gasteiger partial charge in [0.15, 0.2) is 0 Å². The summed E-state index contributed by atoms with van der Waals surface area (Å²) in [4.78, 5) is 0.104. The third-order valence-electron chi connectivity index (χ3n) is 5.09. The molecule has 6 heteroatoms. The highest BCUT2D eigenvalue weighted by Crippen LogP contribution is 2.49. The van der Waals surface area contributed by atoms with Gasteiger partial charge < -0.3 is 10.8 Å². The molecule has 2 saturated carbocycles. The molecule has 5 nitrogen and oxygen atoms in total. The summed E-state index contributed by atoms with van der Waals surface area (Å²) in [5.41, 5.74) is 5.65. The smallest absolute Gasteiger partial charge is 0.240 e. The lowest BCUT2D eigenvalue weighted by Gasteiger charge is -2.28. The Morgan fingerprint density at radius 1 is 1.33 bits per heavy atom. The van der Waals surface area contributed by atoms with Crippen LogP contribution in [0.4, 0.5) is 5.69 Å². The maximum atomic E-state index is 12.4. The van der Waals surface area contributed by atoms with E-state index in [1.54, 1.807) is 0 Å². The van der Waals surface area contributed by atoms with Gasteiger partial charge in [0.1, 0.15) is 5.75 Å². The molecule has 21 heavy (non-hydrogen) atoms. The molecule has 0 spiro atoms. The minimum Gasteiger partial charge on any atom is -0.506 e. The van der Waals surface area contributed by atoms with Crippen molar-refractivity contribution >= 4 is 15.7 Å². The van der Waals surface area contributed by atoms with Gasteiger partial charge in [-0.15, -0.1) is 0 Å². The summed E-state index contributed by atoms with van der Waals surface area (Å²) in [6, 6.07) is 3.92. The molecule has 0 saturated heterocycles. The molecular weight excluding hydrogens is 288 g/mol. The molecule has 4 unspecified atom stereocenters. The standard InChI is InChI=1S/C15H22N2O3S/c1-9(13-7-10-2-3-11(13)6-10)17-21(19,20)12-4-5-15(18)14(16)8-12/h4-5,8-11,13,17-18H,2-3,6-7,16H2,1H3. The molecule has 0 radical (unpaired) electrons. The number of rotatable bonds is 4. The van der Waals surface area contributed by atoms with Gasteiger partial charge in [0.2, 0.25) is 10.0 Å². The van der Waals surface area contributed by atoms with Crippen molar-refractivity contribution in [3.05, 3.63) is 18.2 Å². The average molecular weight is 310 g/mol. The molecule has 2 aliphatic rings. The van der Waals surface area contributed by atoms with E-state index in [9.17, 15) is 13.5 Å². The van der Waals surface area contributed by atoms with Gasteiger partial charge in [-0.1, -0.05) is 6.42 Å². The maximum Gasteiger partial charge on any atom is 0.240 e. The van der Waals surface area contributed by atoms with Crippen LogP contribution in [0.5, 0.6) is 5.75 Å². The third kappa shape index (κ3) is 2.74. The van der Waals surface area contributed by atoms with Gasteiger partial charge in [0.25, 0.3) is 0 Å². The monoisotopic (exact) mass is 310 g/mol. The molecule has 0 aliphatic heterocycles. The van der Waals surface area contributed by atoms with Crippen molar-refractivity contribution in [1.82, 2.24) is 4.72 Å². The number of sulfonamides is 1. The first-order valence-corrected chi connectivity index (χ1v) is 8.96. The number of nitrogens with one attached hydrogen (secondary N) is 1. The number of anilines is 1. The summed E-state index contributed by atoms with van der Waals surface area (Å²) < 4.78 is 27.6.